The number of carbonyl (C=O) groups is 2. The molecule has 1 N–H and O–H groups in total. The highest BCUT2D eigenvalue weighted by atomic mass is 16.2. The number of likely N-dealkylation sites (N-methyl/N-ethyl adjacent to an activating group) is 1. The summed E-state index contributed by atoms with van der Waals surface area (Å²) in [6, 6.07) is 0.0598. The molecule has 2 rings (SSSR count). The first-order valence-corrected chi connectivity index (χ1v) is 7.06. The fourth-order valence-electron chi connectivity index (χ4n) is 3.19. The SMILES string of the molecule is CCN1C(=O)CC(NC2CCCCC2(C)C)C1=O. The van der Waals surface area contributed by atoms with Crippen LogP contribution >= 0.6 is 0 Å². The van der Waals surface area contributed by atoms with Gasteiger partial charge in [0.05, 0.1) is 12.5 Å². The van der Waals surface area contributed by atoms with Crippen LogP contribution in [0.3, 0.4) is 0 Å². The summed E-state index contributed by atoms with van der Waals surface area (Å²) < 4.78 is 0. The zero-order valence-electron chi connectivity index (χ0n) is 11.7. The van der Waals surface area contributed by atoms with Crippen LogP contribution in [0.4, 0.5) is 0 Å². The summed E-state index contributed by atoms with van der Waals surface area (Å²) in [6.45, 7) is 6.85. The van der Waals surface area contributed by atoms with Crippen molar-refractivity contribution in [2.24, 2.45) is 5.41 Å². The van der Waals surface area contributed by atoms with Crippen LogP contribution in [-0.2, 0) is 9.59 Å². The second kappa shape index (κ2) is 5.00. The van der Waals surface area contributed by atoms with Crippen molar-refractivity contribution in [3.8, 4) is 0 Å². The Labute approximate surface area is 109 Å². The minimum absolute atomic E-state index is 0.0337. The predicted molar refractivity (Wildman–Crippen MR) is 70.0 cm³/mol. The van der Waals surface area contributed by atoms with Crippen molar-refractivity contribution in [1.82, 2.24) is 10.2 Å². The summed E-state index contributed by atoms with van der Waals surface area (Å²) in [4.78, 5) is 25.1. The highest BCUT2D eigenvalue weighted by Crippen LogP contribution is 2.36. The number of likely N-dealkylation sites (tertiary alicyclic amines) is 1. The molecular formula is C14H24N2O2. The molecule has 1 aliphatic carbocycles. The maximum Gasteiger partial charge on any atom is 0.246 e. The lowest BCUT2D eigenvalue weighted by Crippen LogP contribution is -2.51. The molecular weight excluding hydrogens is 228 g/mol. The van der Waals surface area contributed by atoms with Crippen molar-refractivity contribution < 1.29 is 9.59 Å². The standard InChI is InChI=1S/C14H24N2O2/c1-4-16-12(17)9-10(13(16)18)15-11-7-5-6-8-14(11,2)3/h10-11,15H,4-9H2,1-3H3. The van der Waals surface area contributed by atoms with E-state index in [4.69, 9.17) is 0 Å². The number of rotatable bonds is 3. The van der Waals surface area contributed by atoms with Gasteiger partial charge < -0.3 is 5.32 Å². The first-order chi connectivity index (χ1) is 8.45. The quantitative estimate of drug-likeness (QED) is 0.778. The number of hydrogen-bond donors (Lipinski definition) is 1. The molecule has 0 aromatic rings. The molecule has 18 heavy (non-hydrogen) atoms. The Morgan fingerprint density at radius 2 is 2.06 bits per heavy atom. The highest BCUT2D eigenvalue weighted by molar-refractivity contribution is 6.05. The summed E-state index contributed by atoms with van der Waals surface area (Å²) in [7, 11) is 0. The molecule has 2 aliphatic rings. The molecule has 0 aromatic heterocycles. The molecule has 1 saturated heterocycles. The lowest BCUT2D eigenvalue weighted by atomic mass is 9.73. The maximum atomic E-state index is 12.1. The van der Waals surface area contributed by atoms with Gasteiger partial charge in [-0.2, -0.15) is 0 Å². The topological polar surface area (TPSA) is 49.4 Å². The molecule has 1 heterocycles. The van der Waals surface area contributed by atoms with Crippen molar-refractivity contribution in [2.45, 2.75) is 65.0 Å². The van der Waals surface area contributed by atoms with E-state index in [1.807, 2.05) is 6.92 Å². The molecule has 2 atom stereocenters. The van der Waals surface area contributed by atoms with E-state index in [0.717, 1.165) is 6.42 Å². The molecule has 0 spiro atoms. The maximum absolute atomic E-state index is 12.1. The van der Waals surface area contributed by atoms with Crippen molar-refractivity contribution in [3.63, 3.8) is 0 Å². The summed E-state index contributed by atoms with van der Waals surface area (Å²) in [6.07, 6.45) is 5.12. The zero-order chi connectivity index (χ0) is 13.3. The molecule has 0 aromatic carbocycles. The van der Waals surface area contributed by atoms with Gasteiger partial charge in [-0.3, -0.25) is 14.5 Å². The molecule has 4 heteroatoms. The van der Waals surface area contributed by atoms with Crippen molar-refractivity contribution >= 4 is 11.8 Å². The summed E-state index contributed by atoms with van der Waals surface area (Å²) in [5.74, 6) is -0.0718. The van der Waals surface area contributed by atoms with Crippen LogP contribution in [0.1, 0.15) is 52.9 Å². The molecule has 2 amide bonds. The molecule has 2 fully saturated rings. The van der Waals surface area contributed by atoms with E-state index in [-0.39, 0.29) is 23.3 Å². The Balaban J connectivity index is 2.02. The minimum atomic E-state index is -0.292. The van der Waals surface area contributed by atoms with Crippen LogP contribution in [0.2, 0.25) is 0 Å². The van der Waals surface area contributed by atoms with Crippen LogP contribution in [0.25, 0.3) is 0 Å². The van der Waals surface area contributed by atoms with Gasteiger partial charge >= 0.3 is 0 Å². The lowest BCUT2D eigenvalue weighted by molar-refractivity contribution is -0.138. The first-order valence-electron chi connectivity index (χ1n) is 7.06. The van der Waals surface area contributed by atoms with Crippen LogP contribution in [0.15, 0.2) is 0 Å². The van der Waals surface area contributed by atoms with Gasteiger partial charge in [0.1, 0.15) is 0 Å². The Bertz CT molecular complexity index is 352. The Kier molecular flexibility index (Phi) is 3.76. The van der Waals surface area contributed by atoms with Gasteiger partial charge in [-0.15, -0.1) is 0 Å². The molecule has 0 radical (unpaired) electrons. The van der Waals surface area contributed by atoms with Crippen LogP contribution in [0.5, 0.6) is 0 Å². The fourth-order valence-corrected chi connectivity index (χ4v) is 3.19. The molecule has 4 nitrogen and oxygen atoms in total. The zero-order valence-corrected chi connectivity index (χ0v) is 11.7. The fraction of sp³-hybridized carbons (Fsp3) is 0.857. The third-order valence-electron chi connectivity index (χ3n) is 4.47. The van der Waals surface area contributed by atoms with Crippen LogP contribution in [0, 0.1) is 5.41 Å². The minimum Gasteiger partial charge on any atom is -0.302 e. The van der Waals surface area contributed by atoms with Gasteiger partial charge in [-0.05, 0) is 25.2 Å². The highest BCUT2D eigenvalue weighted by Gasteiger charge is 2.41. The van der Waals surface area contributed by atoms with E-state index in [1.165, 1.54) is 24.2 Å². The summed E-state index contributed by atoms with van der Waals surface area (Å²) in [5, 5.41) is 3.44. The number of nitrogens with zero attached hydrogens (tertiary/aromatic N) is 1. The Hall–Kier alpha value is -0.900. The van der Waals surface area contributed by atoms with E-state index < -0.39 is 0 Å². The van der Waals surface area contributed by atoms with Gasteiger partial charge in [-0.25, -0.2) is 0 Å². The first kappa shape index (κ1) is 13.5. The number of carbonyl (C=O) groups excluding carboxylic acids is 2. The normalized spacial score (nSPS) is 32.1. The van der Waals surface area contributed by atoms with E-state index in [1.54, 1.807) is 0 Å². The van der Waals surface area contributed by atoms with Gasteiger partial charge in [0.2, 0.25) is 11.8 Å². The van der Waals surface area contributed by atoms with E-state index >= 15 is 0 Å². The van der Waals surface area contributed by atoms with Gasteiger partial charge in [0.25, 0.3) is 0 Å². The third-order valence-corrected chi connectivity index (χ3v) is 4.47. The van der Waals surface area contributed by atoms with E-state index in [2.05, 4.69) is 19.2 Å². The second-order valence-corrected chi connectivity index (χ2v) is 6.19. The smallest absolute Gasteiger partial charge is 0.246 e. The van der Waals surface area contributed by atoms with Crippen molar-refractivity contribution in [3.05, 3.63) is 0 Å². The van der Waals surface area contributed by atoms with E-state index in [0.29, 0.717) is 19.0 Å². The number of imide groups is 1. The van der Waals surface area contributed by atoms with Gasteiger partial charge in [0.15, 0.2) is 0 Å². The molecule has 1 saturated carbocycles. The summed E-state index contributed by atoms with van der Waals surface area (Å²) in [5.41, 5.74) is 0.223. The molecule has 2 unspecified atom stereocenters. The monoisotopic (exact) mass is 252 g/mol. The average molecular weight is 252 g/mol. The Morgan fingerprint density at radius 1 is 1.33 bits per heavy atom. The Morgan fingerprint density at radius 3 is 2.61 bits per heavy atom. The average Bonchev–Trinajstić information content (AvgIpc) is 2.57. The number of amides is 2. The second-order valence-electron chi connectivity index (χ2n) is 6.19. The van der Waals surface area contributed by atoms with Crippen molar-refractivity contribution in [1.29, 1.82) is 0 Å². The van der Waals surface area contributed by atoms with Gasteiger partial charge in [-0.1, -0.05) is 26.7 Å². The van der Waals surface area contributed by atoms with E-state index in [9.17, 15) is 9.59 Å². The third kappa shape index (κ3) is 2.44. The van der Waals surface area contributed by atoms with Crippen LogP contribution in [-0.4, -0.2) is 35.3 Å². The number of nitrogens with one attached hydrogen (secondary N) is 1. The number of hydrogen-bond acceptors (Lipinski definition) is 3. The van der Waals surface area contributed by atoms with Crippen LogP contribution < -0.4 is 5.32 Å². The summed E-state index contributed by atoms with van der Waals surface area (Å²) >= 11 is 0. The molecule has 102 valence electrons. The van der Waals surface area contributed by atoms with Crippen molar-refractivity contribution in [2.75, 3.05) is 6.54 Å². The lowest BCUT2D eigenvalue weighted by Gasteiger charge is -2.40. The molecule has 0 bridgehead atoms. The predicted octanol–water partition coefficient (Wildman–Crippen LogP) is 1.69. The largest absolute Gasteiger partial charge is 0.302 e. The molecule has 1 aliphatic heterocycles. The van der Waals surface area contributed by atoms with Gasteiger partial charge in [0, 0.05) is 12.6 Å².